The first kappa shape index (κ1) is 13.9. The SMILES string of the molecule is CNS(=O)(=O)NCC(C)N1CCC(C)CC1. The first-order valence-corrected chi connectivity index (χ1v) is 7.35. The van der Waals surface area contributed by atoms with E-state index in [1.165, 1.54) is 19.9 Å². The molecule has 0 bridgehead atoms. The molecule has 0 radical (unpaired) electrons. The molecule has 0 aliphatic carbocycles. The molecule has 1 fully saturated rings. The van der Waals surface area contributed by atoms with Gasteiger partial charge in [0.15, 0.2) is 0 Å². The molecule has 0 aromatic heterocycles. The third-order valence-electron chi connectivity index (χ3n) is 3.28. The Morgan fingerprint density at radius 2 is 1.94 bits per heavy atom. The van der Waals surface area contributed by atoms with E-state index >= 15 is 0 Å². The highest BCUT2D eigenvalue weighted by molar-refractivity contribution is 7.87. The van der Waals surface area contributed by atoms with Gasteiger partial charge in [-0.15, -0.1) is 0 Å². The summed E-state index contributed by atoms with van der Waals surface area (Å²) in [5, 5.41) is 0. The molecule has 1 rings (SSSR count). The summed E-state index contributed by atoms with van der Waals surface area (Å²) in [6.45, 7) is 6.95. The maximum Gasteiger partial charge on any atom is 0.276 e. The zero-order valence-corrected chi connectivity index (χ0v) is 11.2. The number of nitrogens with one attached hydrogen (secondary N) is 2. The topological polar surface area (TPSA) is 61.4 Å². The Morgan fingerprint density at radius 1 is 1.38 bits per heavy atom. The molecule has 0 saturated carbocycles. The number of hydrogen-bond acceptors (Lipinski definition) is 3. The van der Waals surface area contributed by atoms with Crippen LogP contribution in [0.3, 0.4) is 0 Å². The van der Waals surface area contributed by atoms with Gasteiger partial charge in [-0.1, -0.05) is 6.92 Å². The molecule has 6 heteroatoms. The lowest BCUT2D eigenvalue weighted by Crippen LogP contribution is -2.47. The van der Waals surface area contributed by atoms with Crippen LogP contribution in [0.5, 0.6) is 0 Å². The molecule has 0 spiro atoms. The van der Waals surface area contributed by atoms with Crippen molar-refractivity contribution in [3.8, 4) is 0 Å². The second-order valence-corrected chi connectivity index (χ2v) is 6.33. The van der Waals surface area contributed by atoms with Crippen LogP contribution in [0.2, 0.25) is 0 Å². The highest BCUT2D eigenvalue weighted by Gasteiger charge is 2.21. The third-order valence-corrected chi connectivity index (χ3v) is 4.36. The lowest BCUT2D eigenvalue weighted by molar-refractivity contribution is 0.148. The van der Waals surface area contributed by atoms with Crippen LogP contribution in [0.1, 0.15) is 26.7 Å². The van der Waals surface area contributed by atoms with Gasteiger partial charge in [0.05, 0.1) is 0 Å². The monoisotopic (exact) mass is 249 g/mol. The quantitative estimate of drug-likeness (QED) is 0.730. The van der Waals surface area contributed by atoms with Gasteiger partial charge in [-0.05, 0) is 38.8 Å². The molecule has 1 heterocycles. The summed E-state index contributed by atoms with van der Waals surface area (Å²) in [6.07, 6.45) is 2.42. The van der Waals surface area contributed by atoms with Crippen LogP contribution in [0.15, 0.2) is 0 Å². The molecule has 16 heavy (non-hydrogen) atoms. The molecule has 1 aliphatic heterocycles. The van der Waals surface area contributed by atoms with Crippen LogP contribution >= 0.6 is 0 Å². The van der Waals surface area contributed by atoms with Gasteiger partial charge >= 0.3 is 0 Å². The first-order valence-electron chi connectivity index (χ1n) is 5.87. The van der Waals surface area contributed by atoms with Crippen molar-refractivity contribution in [3.05, 3.63) is 0 Å². The van der Waals surface area contributed by atoms with Crippen LogP contribution in [0.25, 0.3) is 0 Å². The molecule has 0 amide bonds. The van der Waals surface area contributed by atoms with E-state index in [1.54, 1.807) is 0 Å². The van der Waals surface area contributed by atoms with Crippen molar-refractivity contribution in [2.24, 2.45) is 5.92 Å². The molecular formula is C10H23N3O2S. The first-order chi connectivity index (χ1) is 7.44. The Labute approximate surface area is 98.8 Å². The summed E-state index contributed by atoms with van der Waals surface area (Å²) in [5.41, 5.74) is 0. The predicted octanol–water partition coefficient (Wildman–Crippen LogP) is 0.161. The van der Waals surface area contributed by atoms with E-state index in [0.717, 1.165) is 19.0 Å². The normalized spacial score (nSPS) is 22.2. The largest absolute Gasteiger partial charge is 0.299 e. The van der Waals surface area contributed by atoms with Gasteiger partial charge in [0, 0.05) is 19.6 Å². The fourth-order valence-corrected chi connectivity index (χ4v) is 2.51. The van der Waals surface area contributed by atoms with Gasteiger partial charge in [-0.3, -0.25) is 4.90 Å². The van der Waals surface area contributed by atoms with E-state index in [1.807, 2.05) is 0 Å². The van der Waals surface area contributed by atoms with E-state index in [-0.39, 0.29) is 6.04 Å². The maximum absolute atomic E-state index is 11.2. The number of piperidine rings is 1. The highest BCUT2D eigenvalue weighted by Crippen LogP contribution is 2.17. The highest BCUT2D eigenvalue weighted by atomic mass is 32.2. The lowest BCUT2D eigenvalue weighted by atomic mass is 9.98. The molecule has 5 nitrogen and oxygen atoms in total. The van der Waals surface area contributed by atoms with Crippen molar-refractivity contribution in [1.29, 1.82) is 0 Å². The van der Waals surface area contributed by atoms with Crippen molar-refractivity contribution in [2.75, 3.05) is 26.7 Å². The van der Waals surface area contributed by atoms with Crippen molar-refractivity contribution >= 4 is 10.2 Å². The summed E-state index contributed by atoms with van der Waals surface area (Å²) in [4.78, 5) is 2.35. The molecule has 1 saturated heterocycles. The van der Waals surface area contributed by atoms with Gasteiger partial charge in [-0.2, -0.15) is 8.42 Å². The standard InChI is InChI=1S/C10H23N3O2S/c1-9-4-6-13(7-5-9)10(2)8-12-16(14,15)11-3/h9-12H,4-8H2,1-3H3. The van der Waals surface area contributed by atoms with Crippen molar-refractivity contribution in [2.45, 2.75) is 32.7 Å². The fraction of sp³-hybridized carbons (Fsp3) is 1.00. The number of likely N-dealkylation sites (tertiary alicyclic amines) is 1. The van der Waals surface area contributed by atoms with Crippen LogP contribution in [-0.2, 0) is 10.2 Å². The third kappa shape index (κ3) is 4.37. The fourth-order valence-electron chi connectivity index (χ4n) is 1.90. The minimum absolute atomic E-state index is 0.260. The molecule has 96 valence electrons. The Balaban J connectivity index is 2.33. The predicted molar refractivity (Wildman–Crippen MR) is 65.4 cm³/mol. The molecule has 0 aromatic carbocycles. The zero-order valence-electron chi connectivity index (χ0n) is 10.4. The Bertz CT molecular complexity index is 297. The summed E-state index contributed by atoms with van der Waals surface area (Å²) in [6, 6.07) is 0.260. The molecule has 0 aromatic rings. The summed E-state index contributed by atoms with van der Waals surface area (Å²) < 4.78 is 27.2. The van der Waals surface area contributed by atoms with Crippen molar-refractivity contribution in [1.82, 2.24) is 14.3 Å². The van der Waals surface area contributed by atoms with Gasteiger partial charge in [-0.25, -0.2) is 9.44 Å². The van der Waals surface area contributed by atoms with E-state index in [9.17, 15) is 8.42 Å². The van der Waals surface area contributed by atoms with E-state index in [4.69, 9.17) is 0 Å². The van der Waals surface area contributed by atoms with Crippen molar-refractivity contribution in [3.63, 3.8) is 0 Å². The zero-order chi connectivity index (χ0) is 12.2. The number of rotatable bonds is 5. The Morgan fingerprint density at radius 3 is 2.44 bits per heavy atom. The molecule has 1 atom stereocenters. The van der Waals surface area contributed by atoms with Crippen molar-refractivity contribution < 1.29 is 8.42 Å². The number of nitrogens with zero attached hydrogens (tertiary/aromatic N) is 1. The van der Waals surface area contributed by atoms with Crippen LogP contribution in [-0.4, -0.2) is 46.0 Å². The smallest absolute Gasteiger partial charge is 0.276 e. The lowest BCUT2D eigenvalue weighted by Gasteiger charge is -2.34. The minimum atomic E-state index is -3.29. The van der Waals surface area contributed by atoms with Gasteiger partial charge in [0.25, 0.3) is 10.2 Å². The van der Waals surface area contributed by atoms with E-state index < -0.39 is 10.2 Å². The van der Waals surface area contributed by atoms with Gasteiger partial charge in [0.2, 0.25) is 0 Å². The second kappa shape index (κ2) is 5.95. The van der Waals surface area contributed by atoms with Gasteiger partial charge in [0.1, 0.15) is 0 Å². The number of hydrogen-bond donors (Lipinski definition) is 2. The van der Waals surface area contributed by atoms with Crippen LogP contribution < -0.4 is 9.44 Å². The average Bonchev–Trinajstić information content (AvgIpc) is 2.27. The van der Waals surface area contributed by atoms with Crippen LogP contribution in [0, 0.1) is 5.92 Å². The minimum Gasteiger partial charge on any atom is -0.299 e. The maximum atomic E-state index is 11.2. The Hall–Kier alpha value is -0.170. The van der Waals surface area contributed by atoms with E-state index in [0.29, 0.717) is 6.54 Å². The molecule has 2 N–H and O–H groups in total. The molecular weight excluding hydrogens is 226 g/mol. The van der Waals surface area contributed by atoms with Crippen LogP contribution in [0.4, 0.5) is 0 Å². The van der Waals surface area contributed by atoms with Gasteiger partial charge < -0.3 is 0 Å². The molecule has 1 aliphatic rings. The second-order valence-electron chi connectivity index (χ2n) is 4.62. The van der Waals surface area contributed by atoms with E-state index in [2.05, 4.69) is 28.2 Å². The average molecular weight is 249 g/mol. The Kier molecular flexibility index (Phi) is 5.17. The summed E-state index contributed by atoms with van der Waals surface area (Å²) in [7, 11) is -1.88. The summed E-state index contributed by atoms with van der Waals surface area (Å²) >= 11 is 0. The summed E-state index contributed by atoms with van der Waals surface area (Å²) in [5.74, 6) is 0.803. The molecule has 1 unspecified atom stereocenters.